The summed E-state index contributed by atoms with van der Waals surface area (Å²) in [5.41, 5.74) is 7.29. The van der Waals surface area contributed by atoms with Gasteiger partial charge in [-0.2, -0.15) is 0 Å². The summed E-state index contributed by atoms with van der Waals surface area (Å²) >= 11 is 0. The lowest BCUT2D eigenvalue weighted by Crippen LogP contribution is -2.51. The number of Topliss-reactive ketones (excluding diaryl/α,β-unsaturated/α-hetero) is 3. The first kappa shape index (κ1) is 42.2. The van der Waals surface area contributed by atoms with Crippen LogP contribution in [-0.2, 0) is 35.2 Å². The van der Waals surface area contributed by atoms with Crippen molar-refractivity contribution in [3.63, 3.8) is 0 Å². The van der Waals surface area contributed by atoms with E-state index < -0.39 is 84.3 Å². The van der Waals surface area contributed by atoms with Crippen LogP contribution in [0.1, 0.15) is 85.6 Å². The van der Waals surface area contributed by atoms with E-state index in [1.54, 1.807) is 40.8 Å². The second kappa shape index (κ2) is 20.7. The monoisotopic (exact) mass is 699 g/mol. The van der Waals surface area contributed by atoms with Gasteiger partial charge in [-0.15, -0.1) is 0 Å². The van der Waals surface area contributed by atoms with Gasteiger partial charge in [0.2, 0.25) is 17.7 Å². The molecule has 13 heteroatoms. The number of H-pyrrole nitrogens is 1. The molecule has 0 saturated carbocycles. The molecule has 0 bridgehead atoms. The summed E-state index contributed by atoms with van der Waals surface area (Å²) in [4.78, 5) is 82.2. The molecule has 278 valence electrons. The van der Waals surface area contributed by atoms with Crippen molar-refractivity contribution in [2.24, 2.45) is 29.4 Å². The number of para-hydroxylation sites is 1. The average Bonchev–Trinajstić information content (AvgIpc) is 3.48. The number of hydrogen-bond acceptors (Lipinski definition) is 9. The number of ketones is 3. The smallest absolute Gasteiger partial charge is 0.226 e. The van der Waals surface area contributed by atoms with Crippen molar-refractivity contribution in [3.8, 4) is 0 Å². The van der Waals surface area contributed by atoms with Crippen molar-refractivity contribution < 1.29 is 39.0 Å². The van der Waals surface area contributed by atoms with Crippen LogP contribution < -0.4 is 21.7 Å². The maximum atomic E-state index is 13.6. The minimum absolute atomic E-state index is 0.174. The van der Waals surface area contributed by atoms with Crippen LogP contribution >= 0.6 is 0 Å². The largest absolute Gasteiger partial charge is 0.396 e. The number of benzene rings is 1. The van der Waals surface area contributed by atoms with Gasteiger partial charge < -0.3 is 36.9 Å². The molecule has 0 aliphatic carbocycles. The summed E-state index contributed by atoms with van der Waals surface area (Å²) in [6, 6.07) is 4.74. The summed E-state index contributed by atoms with van der Waals surface area (Å²) in [6.45, 7) is 9.66. The fourth-order valence-corrected chi connectivity index (χ4v) is 5.87. The van der Waals surface area contributed by atoms with Crippen LogP contribution in [0.5, 0.6) is 0 Å². The second-order valence-electron chi connectivity index (χ2n) is 13.7. The van der Waals surface area contributed by atoms with Gasteiger partial charge in [0, 0.05) is 48.7 Å². The Hall–Kier alpha value is -3.94. The molecule has 0 saturated heterocycles. The molecule has 50 heavy (non-hydrogen) atoms. The molecular weight excluding hydrogens is 642 g/mol. The normalized spacial score (nSPS) is 15.2. The lowest BCUT2D eigenvalue weighted by molar-refractivity contribution is -0.138. The Kier molecular flexibility index (Phi) is 17.5. The predicted molar refractivity (Wildman–Crippen MR) is 191 cm³/mol. The zero-order valence-electron chi connectivity index (χ0n) is 30.3. The number of carbonyl (C=O) groups excluding carboxylic acids is 6. The Labute approximate surface area is 294 Å². The van der Waals surface area contributed by atoms with Gasteiger partial charge in [-0.25, -0.2) is 0 Å². The van der Waals surface area contributed by atoms with Crippen molar-refractivity contribution in [2.75, 3.05) is 13.2 Å². The number of hydrogen-bond donors (Lipinski definition) is 7. The van der Waals surface area contributed by atoms with E-state index in [0.29, 0.717) is 25.8 Å². The average molecular weight is 700 g/mol. The van der Waals surface area contributed by atoms with Crippen LogP contribution in [0.25, 0.3) is 10.9 Å². The first-order valence-electron chi connectivity index (χ1n) is 17.7. The Balaban J connectivity index is 2.19. The van der Waals surface area contributed by atoms with Crippen LogP contribution in [0.4, 0.5) is 0 Å². The first-order chi connectivity index (χ1) is 23.6. The lowest BCUT2D eigenvalue weighted by atomic mass is 9.88. The van der Waals surface area contributed by atoms with E-state index in [2.05, 4.69) is 20.9 Å². The van der Waals surface area contributed by atoms with E-state index >= 15 is 0 Å². The van der Waals surface area contributed by atoms with Gasteiger partial charge in [0.15, 0.2) is 17.3 Å². The molecule has 0 aliphatic heterocycles. The number of rotatable bonds is 23. The topological polar surface area (TPSA) is 221 Å². The number of fused-ring (bicyclic) bond motifs is 1. The fourth-order valence-electron chi connectivity index (χ4n) is 5.87. The van der Waals surface area contributed by atoms with Gasteiger partial charge in [0.1, 0.15) is 0 Å². The zero-order chi connectivity index (χ0) is 37.5. The summed E-state index contributed by atoms with van der Waals surface area (Å²) in [6.07, 6.45) is 1.69. The molecule has 0 spiro atoms. The fraction of sp³-hybridized carbons (Fsp3) is 0.622. The third-order valence-corrected chi connectivity index (χ3v) is 9.01. The number of aliphatic hydroxyl groups is 2. The summed E-state index contributed by atoms with van der Waals surface area (Å²) in [5.74, 6) is -6.12. The van der Waals surface area contributed by atoms with E-state index in [4.69, 9.17) is 5.73 Å². The first-order valence-corrected chi connectivity index (χ1v) is 17.7. The van der Waals surface area contributed by atoms with Gasteiger partial charge in [0.05, 0.1) is 42.7 Å². The van der Waals surface area contributed by atoms with E-state index in [9.17, 15) is 39.0 Å². The molecule has 0 aliphatic rings. The van der Waals surface area contributed by atoms with Crippen LogP contribution in [0.3, 0.4) is 0 Å². The van der Waals surface area contributed by atoms with Crippen molar-refractivity contribution in [3.05, 3.63) is 36.0 Å². The van der Waals surface area contributed by atoms with Crippen LogP contribution in [0.15, 0.2) is 30.5 Å². The molecule has 1 aromatic carbocycles. The third-order valence-electron chi connectivity index (χ3n) is 9.01. The van der Waals surface area contributed by atoms with Crippen molar-refractivity contribution in [2.45, 2.75) is 111 Å². The number of carbonyl (C=O) groups is 6. The summed E-state index contributed by atoms with van der Waals surface area (Å²) in [5, 5.41) is 29.7. The minimum Gasteiger partial charge on any atom is -0.396 e. The summed E-state index contributed by atoms with van der Waals surface area (Å²) in [7, 11) is 0. The lowest BCUT2D eigenvalue weighted by Gasteiger charge is -2.28. The molecule has 0 unspecified atom stereocenters. The van der Waals surface area contributed by atoms with Gasteiger partial charge in [-0.3, -0.25) is 28.8 Å². The van der Waals surface area contributed by atoms with E-state index in [0.717, 1.165) is 16.5 Å². The molecule has 8 N–H and O–H groups in total. The maximum absolute atomic E-state index is 13.6. The molecule has 13 nitrogen and oxygen atoms in total. The van der Waals surface area contributed by atoms with Gasteiger partial charge in [-0.05, 0) is 50.3 Å². The Morgan fingerprint density at radius 3 is 2.12 bits per heavy atom. The molecule has 0 fully saturated rings. The highest BCUT2D eigenvalue weighted by molar-refractivity contribution is 5.97. The highest BCUT2D eigenvalue weighted by Crippen LogP contribution is 2.22. The highest BCUT2D eigenvalue weighted by atomic mass is 16.3. The van der Waals surface area contributed by atoms with Gasteiger partial charge in [-0.1, -0.05) is 52.8 Å². The number of nitrogens with two attached hydrogens (primary N) is 1. The zero-order valence-corrected chi connectivity index (χ0v) is 30.3. The number of aromatic amines is 1. The van der Waals surface area contributed by atoms with Gasteiger partial charge >= 0.3 is 0 Å². The van der Waals surface area contributed by atoms with Crippen molar-refractivity contribution in [1.82, 2.24) is 20.9 Å². The maximum Gasteiger partial charge on any atom is 0.226 e. The Morgan fingerprint density at radius 2 is 1.54 bits per heavy atom. The molecule has 3 amide bonds. The molecule has 1 aromatic heterocycles. The molecular formula is C37H57N5O8. The molecule has 0 radical (unpaired) electrons. The number of aliphatic hydroxyl groups excluding tert-OH is 2. The van der Waals surface area contributed by atoms with E-state index in [1.807, 2.05) is 24.3 Å². The van der Waals surface area contributed by atoms with Crippen molar-refractivity contribution >= 4 is 46.0 Å². The summed E-state index contributed by atoms with van der Waals surface area (Å²) < 4.78 is 0. The molecule has 1 heterocycles. The minimum atomic E-state index is -1.26. The third kappa shape index (κ3) is 12.4. The Bertz CT molecular complexity index is 1450. The second-order valence-corrected chi connectivity index (χ2v) is 13.7. The SMILES string of the molecule is CCC(=O)N[C@@H](CCCCN)C(=O)C[C@@H](CO)C(=O)N[C@H](C(=O)C[C@H](C(=O)N[C@@H](Cc1c[nH]c2ccccc12)C(=O)C(C)C)[C@@H](C)O)C(C)C. The van der Waals surface area contributed by atoms with Crippen LogP contribution in [0, 0.1) is 23.7 Å². The number of amides is 3. The van der Waals surface area contributed by atoms with E-state index in [1.165, 1.54) is 6.92 Å². The molecule has 2 rings (SSSR count). The molecule has 2 aromatic rings. The van der Waals surface area contributed by atoms with Gasteiger partial charge in [0.25, 0.3) is 0 Å². The number of aromatic nitrogens is 1. The Morgan fingerprint density at radius 1 is 0.860 bits per heavy atom. The quantitative estimate of drug-likeness (QED) is 0.0843. The highest BCUT2D eigenvalue weighted by Gasteiger charge is 2.36. The standard InChI is InChI=1S/C37H57N5O8/c1-7-33(47)40-29(14-10-11-15-38)31(45)17-25(20-43)36(49)42-34(21(2)3)32(46)18-27(23(6)44)37(50)41-30(35(48)22(4)5)16-24-19-39-28-13-9-8-12-26(24)28/h8-9,12-13,19,21-23,25,27,29-30,34,39,43-44H,7,10-11,14-18,20,38H2,1-6H3,(H,40,47)(H,41,50)(H,42,49)/t23-,25+,27+,29+,30+,34+/m1/s1. The van der Waals surface area contributed by atoms with Crippen molar-refractivity contribution in [1.29, 1.82) is 0 Å². The molecule has 6 atom stereocenters. The number of nitrogens with one attached hydrogen (secondary N) is 4. The van der Waals surface area contributed by atoms with Crippen LogP contribution in [0.2, 0.25) is 0 Å². The van der Waals surface area contributed by atoms with Crippen LogP contribution in [-0.4, -0.2) is 87.6 Å². The van der Waals surface area contributed by atoms with E-state index in [-0.39, 0.29) is 31.0 Å². The number of unbranched alkanes of at least 4 members (excludes halogenated alkanes) is 1. The predicted octanol–water partition coefficient (Wildman–Crippen LogP) is 2.11.